The minimum absolute atomic E-state index is 0.999. The second-order valence-electron chi connectivity index (χ2n) is 5.18. The van der Waals surface area contributed by atoms with E-state index in [0.29, 0.717) is 0 Å². The van der Waals surface area contributed by atoms with Gasteiger partial charge in [-0.25, -0.2) is 0 Å². The van der Waals surface area contributed by atoms with E-state index in [-0.39, 0.29) is 0 Å². The molecular formula is C19H16Cl2NP. The molecule has 0 N–H and O–H groups in total. The van der Waals surface area contributed by atoms with Crippen molar-refractivity contribution in [2.45, 2.75) is 6.92 Å². The zero-order chi connectivity index (χ0) is 16.2. The van der Waals surface area contributed by atoms with Gasteiger partial charge < -0.3 is 4.90 Å². The van der Waals surface area contributed by atoms with Crippen molar-refractivity contribution in [3.8, 4) is 0 Å². The summed E-state index contributed by atoms with van der Waals surface area (Å²) >= 11 is 12.7. The Labute approximate surface area is 147 Å². The van der Waals surface area contributed by atoms with Gasteiger partial charge in [0.15, 0.2) is 0 Å². The molecule has 0 aliphatic heterocycles. The molecule has 3 aromatic carbocycles. The Balaban J connectivity index is 2.24. The predicted molar refractivity (Wildman–Crippen MR) is 104 cm³/mol. The molecule has 0 amide bonds. The van der Waals surface area contributed by atoms with Crippen LogP contribution in [0.15, 0.2) is 78.9 Å². The van der Waals surface area contributed by atoms with Crippen LogP contribution in [-0.4, -0.2) is 0 Å². The van der Waals surface area contributed by atoms with Gasteiger partial charge >= 0.3 is 0 Å². The van der Waals surface area contributed by atoms with Gasteiger partial charge in [-0.05, 0) is 42.8 Å². The highest BCUT2D eigenvalue weighted by molar-refractivity contribution is 8.09. The number of anilines is 3. The van der Waals surface area contributed by atoms with Crippen molar-refractivity contribution in [1.82, 2.24) is 0 Å². The highest BCUT2D eigenvalue weighted by Crippen LogP contribution is 2.50. The van der Waals surface area contributed by atoms with Gasteiger partial charge in [0.2, 0.25) is 0 Å². The zero-order valence-electron chi connectivity index (χ0n) is 12.7. The average molecular weight is 360 g/mol. The van der Waals surface area contributed by atoms with Gasteiger partial charge in [-0.15, -0.1) is 0 Å². The van der Waals surface area contributed by atoms with E-state index in [1.54, 1.807) is 0 Å². The van der Waals surface area contributed by atoms with Crippen LogP contribution < -0.4 is 10.2 Å². The fourth-order valence-corrected chi connectivity index (χ4v) is 4.63. The van der Waals surface area contributed by atoms with Crippen LogP contribution in [0.4, 0.5) is 17.1 Å². The van der Waals surface area contributed by atoms with Crippen LogP contribution in [0.1, 0.15) is 5.56 Å². The van der Waals surface area contributed by atoms with E-state index >= 15 is 0 Å². The summed E-state index contributed by atoms with van der Waals surface area (Å²) in [6.07, 6.45) is 0. The maximum absolute atomic E-state index is 6.34. The molecule has 0 saturated heterocycles. The highest BCUT2D eigenvalue weighted by Gasteiger charge is 2.20. The number of hydrogen-bond acceptors (Lipinski definition) is 1. The quantitative estimate of drug-likeness (QED) is 0.459. The van der Waals surface area contributed by atoms with E-state index in [2.05, 4.69) is 35.2 Å². The largest absolute Gasteiger partial charge is 0.310 e. The number of halogens is 2. The van der Waals surface area contributed by atoms with Crippen LogP contribution in [0.5, 0.6) is 0 Å². The summed E-state index contributed by atoms with van der Waals surface area (Å²) in [6, 6.07) is 26.7. The van der Waals surface area contributed by atoms with Crippen molar-refractivity contribution in [3.05, 3.63) is 84.4 Å². The molecule has 3 aromatic rings. The standard InChI is InChI=1S/C19H16Cl2NP/c1-15-9-8-14-18(19(15)23(20)21)22(16-10-4-2-5-11-16)17-12-6-3-7-13-17/h2-14H,1H3. The van der Waals surface area contributed by atoms with Crippen molar-refractivity contribution >= 4 is 51.5 Å². The first-order valence-electron chi connectivity index (χ1n) is 7.30. The molecular weight excluding hydrogens is 344 g/mol. The molecule has 0 atom stereocenters. The lowest BCUT2D eigenvalue weighted by Crippen LogP contribution is -2.18. The predicted octanol–water partition coefficient (Wildman–Crippen LogP) is 6.88. The van der Waals surface area contributed by atoms with E-state index in [9.17, 15) is 0 Å². The summed E-state index contributed by atoms with van der Waals surface area (Å²) in [5.74, 6) is 0. The van der Waals surface area contributed by atoms with Gasteiger partial charge in [-0.1, -0.05) is 71.0 Å². The lowest BCUT2D eigenvalue weighted by atomic mass is 10.1. The molecule has 1 nitrogen and oxygen atoms in total. The molecule has 0 aromatic heterocycles. The van der Waals surface area contributed by atoms with Gasteiger partial charge in [0, 0.05) is 16.7 Å². The summed E-state index contributed by atoms with van der Waals surface area (Å²) < 4.78 is 0. The first-order valence-corrected chi connectivity index (χ1v) is 10.4. The SMILES string of the molecule is Cc1cccc(N(c2ccccc2)c2ccccc2)c1P(Cl)Cl. The molecule has 23 heavy (non-hydrogen) atoms. The van der Waals surface area contributed by atoms with Gasteiger partial charge in [0.25, 0.3) is 0 Å². The molecule has 0 bridgehead atoms. The minimum atomic E-state index is -1.25. The molecule has 116 valence electrons. The second-order valence-corrected chi connectivity index (χ2v) is 8.64. The number of aryl methyl sites for hydroxylation is 1. The molecule has 0 unspecified atom stereocenters. The first-order chi connectivity index (χ1) is 11.2. The molecule has 0 saturated carbocycles. The normalized spacial score (nSPS) is 10.8. The van der Waals surface area contributed by atoms with Gasteiger partial charge in [0.05, 0.1) is 5.69 Å². The number of hydrogen-bond donors (Lipinski definition) is 0. The number of rotatable bonds is 4. The Morgan fingerprint density at radius 3 is 1.70 bits per heavy atom. The van der Waals surface area contributed by atoms with Crippen LogP contribution in [0, 0.1) is 6.92 Å². The molecule has 0 aliphatic carbocycles. The van der Waals surface area contributed by atoms with Crippen LogP contribution in [0.3, 0.4) is 0 Å². The number of nitrogens with zero attached hydrogens (tertiary/aromatic N) is 1. The van der Waals surface area contributed by atoms with Crippen LogP contribution in [-0.2, 0) is 0 Å². The summed E-state index contributed by atoms with van der Waals surface area (Å²) in [5.41, 5.74) is 4.29. The van der Waals surface area contributed by atoms with Crippen molar-refractivity contribution in [2.24, 2.45) is 0 Å². The third kappa shape index (κ3) is 3.53. The van der Waals surface area contributed by atoms with Crippen molar-refractivity contribution < 1.29 is 0 Å². The van der Waals surface area contributed by atoms with Gasteiger partial charge in [-0.3, -0.25) is 0 Å². The van der Waals surface area contributed by atoms with Crippen molar-refractivity contribution in [1.29, 1.82) is 0 Å². The van der Waals surface area contributed by atoms with E-state index in [0.717, 1.165) is 27.9 Å². The summed E-state index contributed by atoms with van der Waals surface area (Å²) in [6.45, 7) is 0.801. The summed E-state index contributed by atoms with van der Waals surface area (Å²) in [5, 5.41) is 0.999. The van der Waals surface area contributed by atoms with Crippen LogP contribution in [0.25, 0.3) is 0 Å². The zero-order valence-corrected chi connectivity index (χ0v) is 15.1. The molecule has 0 heterocycles. The summed E-state index contributed by atoms with van der Waals surface area (Å²) in [4.78, 5) is 2.20. The van der Waals surface area contributed by atoms with E-state index in [1.165, 1.54) is 0 Å². The average Bonchev–Trinajstić information content (AvgIpc) is 2.57. The molecule has 3 rings (SSSR count). The van der Waals surface area contributed by atoms with E-state index in [1.807, 2.05) is 55.5 Å². The Hall–Kier alpha value is -1.53. The van der Waals surface area contributed by atoms with Gasteiger partial charge in [0.1, 0.15) is 6.63 Å². The number of para-hydroxylation sites is 2. The second kappa shape index (κ2) is 7.36. The Morgan fingerprint density at radius 2 is 1.22 bits per heavy atom. The highest BCUT2D eigenvalue weighted by atomic mass is 35.9. The first kappa shape index (κ1) is 16.3. The smallest absolute Gasteiger partial charge is 0.119 e. The van der Waals surface area contributed by atoms with E-state index in [4.69, 9.17) is 22.5 Å². The van der Waals surface area contributed by atoms with Crippen molar-refractivity contribution in [3.63, 3.8) is 0 Å². The topological polar surface area (TPSA) is 3.24 Å². The molecule has 0 aliphatic rings. The Bertz CT molecular complexity index is 736. The van der Waals surface area contributed by atoms with E-state index < -0.39 is 6.63 Å². The maximum atomic E-state index is 6.34. The van der Waals surface area contributed by atoms with Gasteiger partial charge in [-0.2, -0.15) is 0 Å². The molecule has 4 heteroatoms. The number of benzene rings is 3. The minimum Gasteiger partial charge on any atom is -0.310 e. The lowest BCUT2D eigenvalue weighted by Gasteiger charge is -2.28. The molecule has 0 fully saturated rings. The Morgan fingerprint density at radius 1 is 0.696 bits per heavy atom. The third-order valence-corrected chi connectivity index (χ3v) is 5.59. The third-order valence-electron chi connectivity index (χ3n) is 3.66. The van der Waals surface area contributed by atoms with Crippen LogP contribution >= 0.6 is 29.1 Å². The monoisotopic (exact) mass is 359 g/mol. The van der Waals surface area contributed by atoms with Crippen molar-refractivity contribution in [2.75, 3.05) is 4.90 Å². The maximum Gasteiger partial charge on any atom is 0.119 e. The fraction of sp³-hybridized carbons (Fsp3) is 0.0526. The van der Waals surface area contributed by atoms with Crippen LogP contribution in [0.2, 0.25) is 0 Å². The molecule has 0 spiro atoms. The fourth-order valence-electron chi connectivity index (χ4n) is 2.63. The molecule has 0 radical (unpaired) electrons. The lowest BCUT2D eigenvalue weighted by molar-refractivity contribution is 1.29. The summed E-state index contributed by atoms with van der Waals surface area (Å²) in [7, 11) is 0. The Kier molecular flexibility index (Phi) is 5.23.